The van der Waals surface area contributed by atoms with Crippen LogP contribution >= 0.6 is 0 Å². The van der Waals surface area contributed by atoms with Crippen molar-refractivity contribution in [1.82, 2.24) is 0 Å². The summed E-state index contributed by atoms with van der Waals surface area (Å²) in [7, 11) is 0. The predicted octanol–water partition coefficient (Wildman–Crippen LogP) is 1.87. The summed E-state index contributed by atoms with van der Waals surface area (Å²) in [5.74, 6) is -2.19. The number of fused-ring (bicyclic) bond motifs is 1. The van der Waals surface area contributed by atoms with Gasteiger partial charge in [-0.05, 0) is 38.8 Å². The lowest BCUT2D eigenvalue weighted by atomic mass is 9.57. The van der Waals surface area contributed by atoms with E-state index in [0.717, 1.165) is 5.57 Å². The molecule has 7 heteroatoms. The number of carbonyl (C=O) groups is 3. The third-order valence-electron chi connectivity index (χ3n) is 7.45. The highest BCUT2D eigenvalue weighted by Gasteiger charge is 2.85. The Kier molecular flexibility index (Phi) is 4.37. The first kappa shape index (κ1) is 20.3. The third-order valence-corrected chi connectivity index (χ3v) is 7.45. The molecule has 2 saturated heterocycles. The molecule has 0 aromatic rings. The highest BCUT2D eigenvalue weighted by atomic mass is 16.7. The van der Waals surface area contributed by atoms with Gasteiger partial charge in [0, 0.05) is 24.2 Å². The van der Waals surface area contributed by atoms with Crippen LogP contribution in [0.25, 0.3) is 0 Å². The van der Waals surface area contributed by atoms with E-state index < -0.39 is 58.7 Å². The molecule has 0 saturated carbocycles. The molecule has 8 atom stereocenters. The smallest absolute Gasteiger partial charge is 0.342 e. The van der Waals surface area contributed by atoms with Gasteiger partial charge in [0.05, 0.1) is 6.10 Å². The normalized spacial score (nSPS) is 50.4. The number of carbonyl (C=O) groups excluding carboxylic acids is 3. The minimum absolute atomic E-state index is 0.113. The van der Waals surface area contributed by atoms with Gasteiger partial charge < -0.3 is 19.3 Å². The summed E-state index contributed by atoms with van der Waals surface area (Å²) in [5.41, 5.74) is -2.37. The van der Waals surface area contributed by atoms with E-state index in [9.17, 15) is 19.5 Å². The predicted molar refractivity (Wildman–Crippen MR) is 102 cm³/mol. The Balaban J connectivity index is 1.88. The molecule has 7 nitrogen and oxygen atoms in total. The van der Waals surface area contributed by atoms with Crippen molar-refractivity contribution in [2.24, 2.45) is 17.3 Å². The van der Waals surface area contributed by atoms with Crippen molar-refractivity contribution in [2.45, 2.75) is 77.0 Å². The number of aliphatic hydroxyl groups excluding tert-OH is 1. The summed E-state index contributed by atoms with van der Waals surface area (Å²) in [6.45, 7) is 8.56. The van der Waals surface area contributed by atoms with E-state index in [1.807, 2.05) is 19.9 Å². The van der Waals surface area contributed by atoms with E-state index in [-0.39, 0.29) is 5.78 Å². The van der Waals surface area contributed by atoms with Crippen LogP contribution in [0.1, 0.15) is 47.5 Å². The van der Waals surface area contributed by atoms with Gasteiger partial charge in [0.1, 0.15) is 6.10 Å². The van der Waals surface area contributed by atoms with Gasteiger partial charge in [0.2, 0.25) is 0 Å². The van der Waals surface area contributed by atoms with Crippen LogP contribution in [0.15, 0.2) is 23.8 Å². The number of epoxide rings is 1. The zero-order valence-electron chi connectivity index (χ0n) is 17.4. The van der Waals surface area contributed by atoms with Crippen LogP contribution in [0.3, 0.4) is 0 Å². The van der Waals surface area contributed by atoms with Crippen LogP contribution in [0, 0.1) is 17.3 Å². The third kappa shape index (κ3) is 2.60. The van der Waals surface area contributed by atoms with E-state index in [2.05, 4.69) is 0 Å². The van der Waals surface area contributed by atoms with Crippen LogP contribution in [0.4, 0.5) is 0 Å². The molecule has 4 rings (SSSR count). The first-order valence-corrected chi connectivity index (χ1v) is 10.1. The highest BCUT2D eigenvalue weighted by molar-refractivity contribution is 5.93. The van der Waals surface area contributed by atoms with Crippen molar-refractivity contribution >= 4 is 17.7 Å². The molecule has 1 spiro atoms. The minimum atomic E-state index is -1.26. The summed E-state index contributed by atoms with van der Waals surface area (Å²) in [6.07, 6.45) is 3.79. The zero-order chi connectivity index (χ0) is 21.4. The van der Waals surface area contributed by atoms with Gasteiger partial charge in [0.15, 0.2) is 23.1 Å². The summed E-state index contributed by atoms with van der Waals surface area (Å²) in [4.78, 5) is 36.9. The molecule has 0 aromatic heterocycles. The SMILES string of the molecule is CC(=O)O[C@H]1CC/C(C)=C\[C@@H]2OC(=O)[C@]3(C)O[C@]23[C@@H](O)[C@H]2[C@@H](C)C(=O)C=C[C@@]21C. The van der Waals surface area contributed by atoms with Crippen molar-refractivity contribution in [3.63, 3.8) is 0 Å². The first-order valence-electron chi connectivity index (χ1n) is 10.1. The van der Waals surface area contributed by atoms with E-state index in [0.29, 0.717) is 12.8 Å². The molecular formula is C22H28O7. The second-order valence-corrected chi connectivity index (χ2v) is 9.27. The number of hydrogen-bond donors (Lipinski definition) is 1. The van der Waals surface area contributed by atoms with Crippen molar-refractivity contribution in [1.29, 1.82) is 0 Å². The molecule has 29 heavy (non-hydrogen) atoms. The Morgan fingerprint density at radius 3 is 2.62 bits per heavy atom. The standard InChI is InChI=1S/C22H28O7/c1-11-6-7-15(27-13(3)23)20(4)9-8-14(24)12(2)17(20)18(25)22-16(10-11)28-19(26)21(22,5)29-22/h8-10,12,15-18,25H,6-7H2,1-5H3/b11-10-/t12-,15-,16-,17+,18-,20+,21-,22-/m0/s1. The van der Waals surface area contributed by atoms with E-state index in [1.54, 1.807) is 19.9 Å². The monoisotopic (exact) mass is 404 g/mol. The second kappa shape index (κ2) is 6.25. The minimum Gasteiger partial charge on any atom is -0.462 e. The number of allylic oxidation sites excluding steroid dienone is 2. The highest BCUT2D eigenvalue weighted by Crippen LogP contribution is 2.63. The fourth-order valence-electron chi connectivity index (χ4n) is 5.67. The molecule has 0 unspecified atom stereocenters. The lowest BCUT2D eigenvalue weighted by Crippen LogP contribution is -2.58. The molecule has 4 aliphatic rings. The van der Waals surface area contributed by atoms with Gasteiger partial charge in [-0.3, -0.25) is 9.59 Å². The largest absolute Gasteiger partial charge is 0.462 e. The molecular weight excluding hydrogens is 376 g/mol. The van der Waals surface area contributed by atoms with Gasteiger partial charge in [-0.1, -0.05) is 25.5 Å². The van der Waals surface area contributed by atoms with Gasteiger partial charge in [0.25, 0.3) is 0 Å². The zero-order valence-corrected chi connectivity index (χ0v) is 17.4. The number of rotatable bonds is 1. The Labute approximate surface area is 170 Å². The molecule has 2 heterocycles. The topological polar surface area (TPSA) is 102 Å². The quantitative estimate of drug-likeness (QED) is 0.404. The maximum absolute atomic E-state index is 12.6. The average molecular weight is 404 g/mol. The van der Waals surface area contributed by atoms with Crippen LogP contribution in [0.2, 0.25) is 0 Å². The van der Waals surface area contributed by atoms with Gasteiger partial charge >= 0.3 is 11.9 Å². The van der Waals surface area contributed by atoms with Crippen LogP contribution in [0.5, 0.6) is 0 Å². The summed E-state index contributed by atoms with van der Waals surface area (Å²) >= 11 is 0. The molecule has 0 radical (unpaired) electrons. The van der Waals surface area contributed by atoms with Gasteiger partial charge in [-0.15, -0.1) is 0 Å². The Bertz CT molecular complexity index is 844. The van der Waals surface area contributed by atoms with Gasteiger partial charge in [-0.2, -0.15) is 0 Å². The van der Waals surface area contributed by atoms with E-state index >= 15 is 0 Å². The maximum Gasteiger partial charge on any atom is 0.342 e. The lowest BCUT2D eigenvalue weighted by molar-refractivity contribution is -0.166. The molecule has 2 fully saturated rings. The summed E-state index contributed by atoms with van der Waals surface area (Å²) in [6, 6.07) is 0. The molecule has 0 amide bonds. The number of esters is 2. The Hall–Kier alpha value is -1.99. The fraction of sp³-hybridized carbons (Fsp3) is 0.682. The van der Waals surface area contributed by atoms with Gasteiger partial charge in [-0.25, -0.2) is 4.79 Å². The van der Waals surface area contributed by atoms with Crippen molar-refractivity contribution in [3.05, 3.63) is 23.8 Å². The van der Waals surface area contributed by atoms with Crippen molar-refractivity contribution in [2.75, 3.05) is 0 Å². The number of ether oxygens (including phenoxy) is 3. The van der Waals surface area contributed by atoms with Crippen molar-refractivity contribution < 1.29 is 33.7 Å². The second-order valence-electron chi connectivity index (χ2n) is 9.27. The molecule has 1 N–H and O–H groups in total. The Morgan fingerprint density at radius 1 is 1.31 bits per heavy atom. The van der Waals surface area contributed by atoms with Crippen molar-refractivity contribution in [3.8, 4) is 0 Å². The molecule has 0 bridgehead atoms. The van der Waals surface area contributed by atoms with Crippen LogP contribution < -0.4 is 0 Å². The fourth-order valence-corrected chi connectivity index (χ4v) is 5.67. The van der Waals surface area contributed by atoms with E-state index in [1.165, 1.54) is 13.0 Å². The van der Waals surface area contributed by atoms with Crippen LogP contribution in [-0.4, -0.2) is 52.3 Å². The molecule has 0 aromatic carbocycles. The average Bonchev–Trinajstić information content (AvgIpc) is 3.23. The number of hydrogen-bond acceptors (Lipinski definition) is 7. The molecule has 158 valence electrons. The van der Waals surface area contributed by atoms with E-state index in [4.69, 9.17) is 14.2 Å². The lowest BCUT2D eigenvalue weighted by Gasteiger charge is -2.49. The first-order chi connectivity index (χ1) is 13.5. The number of ketones is 1. The molecule has 2 aliphatic carbocycles. The Morgan fingerprint density at radius 2 is 2.00 bits per heavy atom. The summed E-state index contributed by atoms with van der Waals surface area (Å²) in [5, 5.41) is 11.7. The summed E-state index contributed by atoms with van der Waals surface area (Å²) < 4.78 is 17.2. The van der Waals surface area contributed by atoms with Crippen LogP contribution in [-0.2, 0) is 28.6 Å². The number of aliphatic hydroxyl groups is 1. The maximum atomic E-state index is 12.6. The molecule has 2 aliphatic heterocycles.